The minimum absolute atomic E-state index is 0.0266. The molecule has 3 aliphatic rings. The molecule has 9 heteroatoms. The maximum Gasteiger partial charge on any atom is 0.270 e. The van der Waals surface area contributed by atoms with Gasteiger partial charge in [-0.1, -0.05) is 0 Å². The Labute approximate surface area is 204 Å². The lowest BCUT2D eigenvalue weighted by molar-refractivity contribution is -0.126. The van der Waals surface area contributed by atoms with Gasteiger partial charge in [0.15, 0.2) is 5.65 Å². The van der Waals surface area contributed by atoms with E-state index in [4.69, 9.17) is 10.1 Å². The SMILES string of the molecule is CCn1nccc1C(=O)N[C@H](c1cn2nc(C[C@@H]3CCCNC3=O)ccc2n1)C(C1CC1)C1CC1. The predicted molar refractivity (Wildman–Crippen MR) is 129 cm³/mol. The first-order valence-electron chi connectivity index (χ1n) is 13.1. The van der Waals surface area contributed by atoms with Gasteiger partial charge in [-0.2, -0.15) is 10.2 Å². The van der Waals surface area contributed by atoms with E-state index in [-0.39, 0.29) is 23.8 Å². The summed E-state index contributed by atoms with van der Waals surface area (Å²) in [6, 6.07) is 5.57. The smallest absolute Gasteiger partial charge is 0.270 e. The molecule has 2 N–H and O–H groups in total. The van der Waals surface area contributed by atoms with Crippen molar-refractivity contribution in [3.63, 3.8) is 0 Å². The summed E-state index contributed by atoms with van der Waals surface area (Å²) < 4.78 is 3.55. The highest BCUT2D eigenvalue weighted by atomic mass is 16.2. The Balaban J connectivity index is 1.29. The molecule has 2 amide bonds. The zero-order chi connectivity index (χ0) is 23.9. The number of carbonyl (C=O) groups excluding carboxylic acids is 2. The summed E-state index contributed by atoms with van der Waals surface area (Å²) in [4.78, 5) is 30.5. The molecule has 1 aliphatic heterocycles. The van der Waals surface area contributed by atoms with Crippen molar-refractivity contribution in [3.05, 3.63) is 47.7 Å². The largest absolute Gasteiger partial charge is 0.356 e. The van der Waals surface area contributed by atoms with E-state index < -0.39 is 0 Å². The van der Waals surface area contributed by atoms with Crippen LogP contribution in [0.25, 0.3) is 5.65 Å². The molecular formula is C26H33N7O2. The van der Waals surface area contributed by atoms with Gasteiger partial charge in [0, 0.05) is 31.6 Å². The van der Waals surface area contributed by atoms with Crippen molar-refractivity contribution >= 4 is 17.5 Å². The Morgan fingerprint density at radius 3 is 2.69 bits per heavy atom. The molecule has 2 saturated carbocycles. The third-order valence-corrected chi connectivity index (χ3v) is 7.82. The normalized spacial score (nSPS) is 21.3. The summed E-state index contributed by atoms with van der Waals surface area (Å²) in [5.41, 5.74) is 3.10. The van der Waals surface area contributed by atoms with Crippen LogP contribution in [0.1, 0.15) is 73.4 Å². The van der Waals surface area contributed by atoms with Crippen LogP contribution in [-0.4, -0.2) is 42.7 Å². The molecule has 3 fully saturated rings. The van der Waals surface area contributed by atoms with Gasteiger partial charge in [0.05, 0.1) is 23.6 Å². The molecule has 0 radical (unpaired) electrons. The number of piperidine rings is 1. The first-order valence-corrected chi connectivity index (χ1v) is 13.1. The molecule has 35 heavy (non-hydrogen) atoms. The average molecular weight is 476 g/mol. The standard InChI is InChI=1S/C26H33N7O2/c1-2-32-21(11-13-28-32)26(35)30-24(23(16-5-6-16)17-7-8-17)20-15-33-22(29-20)10-9-19(31-33)14-18-4-3-12-27-25(18)34/h9-11,13,15-18,23-24H,2-8,12,14H2,1H3,(H,27,34)(H,30,35)/t18-,24+/m0/s1. The fraction of sp³-hybridized carbons (Fsp3) is 0.577. The van der Waals surface area contributed by atoms with E-state index in [0.29, 0.717) is 36.4 Å². The lowest BCUT2D eigenvalue weighted by atomic mass is 9.87. The number of amides is 2. The number of imidazole rings is 1. The van der Waals surface area contributed by atoms with Crippen molar-refractivity contribution in [3.8, 4) is 0 Å². The lowest BCUT2D eigenvalue weighted by Gasteiger charge is -2.27. The quantitative estimate of drug-likeness (QED) is 0.495. The summed E-state index contributed by atoms with van der Waals surface area (Å²) in [5, 5.41) is 15.4. The number of nitrogens with one attached hydrogen (secondary N) is 2. The zero-order valence-electron chi connectivity index (χ0n) is 20.2. The fourth-order valence-corrected chi connectivity index (χ4v) is 5.73. The Hall–Kier alpha value is -3.23. The van der Waals surface area contributed by atoms with Crippen LogP contribution in [0.2, 0.25) is 0 Å². The second kappa shape index (κ2) is 9.09. The van der Waals surface area contributed by atoms with Crippen LogP contribution >= 0.6 is 0 Å². The number of hydrogen-bond acceptors (Lipinski definition) is 5. The summed E-state index contributed by atoms with van der Waals surface area (Å²) >= 11 is 0. The van der Waals surface area contributed by atoms with Crippen molar-refractivity contribution < 1.29 is 9.59 Å². The van der Waals surface area contributed by atoms with Crippen molar-refractivity contribution in [2.45, 2.75) is 64.5 Å². The average Bonchev–Trinajstić information content (AvgIpc) is 3.79. The molecule has 3 aromatic rings. The van der Waals surface area contributed by atoms with E-state index in [0.717, 1.165) is 36.4 Å². The van der Waals surface area contributed by atoms with Crippen LogP contribution in [0.15, 0.2) is 30.6 Å². The van der Waals surface area contributed by atoms with Crippen LogP contribution in [0.5, 0.6) is 0 Å². The van der Waals surface area contributed by atoms with Gasteiger partial charge < -0.3 is 10.6 Å². The molecule has 2 atom stereocenters. The topological polar surface area (TPSA) is 106 Å². The molecule has 2 aliphatic carbocycles. The van der Waals surface area contributed by atoms with E-state index in [1.807, 2.05) is 29.8 Å². The van der Waals surface area contributed by atoms with E-state index in [1.54, 1.807) is 16.9 Å². The van der Waals surface area contributed by atoms with Crippen molar-refractivity contribution in [2.75, 3.05) is 6.54 Å². The molecular weight excluding hydrogens is 442 g/mol. The fourth-order valence-electron chi connectivity index (χ4n) is 5.73. The number of fused-ring (bicyclic) bond motifs is 1. The van der Waals surface area contributed by atoms with Gasteiger partial charge in [0.25, 0.3) is 5.91 Å². The van der Waals surface area contributed by atoms with Crippen LogP contribution in [0.4, 0.5) is 0 Å². The predicted octanol–water partition coefficient (Wildman–Crippen LogP) is 2.92. The van der Waals surface area contributed by atoms with Gasteiger partial charge in [-0.3, -0.25) is 14.3 Å². The molecule has 0 unspecified atom stereocenters. The number of hydrogen-bond donors (Lipinski definition) is 2. The van der Waals surface area contributed by atoms with Gasteiger partial charge >= 0.3 is 0 Å². The van der Waals surface area contributed by atoms with Crippen molar-refractivity contribution in [1.29, 1.82) is 0 Å². The van der Waals surface area contributed by atoms with Gasteiger partial charge in [-0.15, -0.1) is 0 Å². The summed E-state index contributed by atoms with van der Waals surface area (Å²) in [6.45, 7) is 3.40. The molecule has 0 bridgehead atoms. The first kappa shape index (κ1) is 22.2. The van der Waals surface area contributed by atoms with E-state index in [9.17, 15) is 9.59 Å². The zero-order valence-corrected chi connectivity index (χ0v) is 20.2. The Kier molecular flexibility index (Phi) is 5.78. The molecule has 0 spiro atoms. The second-order valence-electron chi connectivity index (χ2n) is 10.4. The summed E-state index contributed by atoms with van der Waals surface area (Å²) in [6.07, 6.45) is 11.1. The van der Waals surface area contributed by atoms with Gasteiger partial charge in [-0.05, 0) is 81.4 Å². The van der Waals surface area contributed by atoms with Crippen molar-refractivity contribution in [1.82, 2.24) is 35.0 Å². The van der Waals surface area contributed by atoms with E-state index >= 15 is 0 Å². The van der Waals surface area contributed by atoms with E-state index in [2.05, 4.69) is 15.7 Å². The molecule has 1 saturated heterocycles. The van der Waals surface area contributed by atoms with Gasteiger partial charge in [-0.25, -0.2) is 9.50 Å². The number of aromatic nitrogens is 5. The highest BCUT2D eigenvalue weighted by Crippen LogP contribution is 2.54. The number of nitrogens with zero attached hydrogens (tertiary/aromatic N) is 5. The molecule has 184 valence electrons. The van der Waals surface area contributed by atoms with E-state index in [1.165, 1.54) is 25.7 Å². The third kappa shape index (κ3) is 4.56. The van der Waals surface area contributed by atoms with Crippen LogP contribution in [0, 0.1) is 23.7 Å². The maximum absolute atomic E-state index is 13.3. The Morgan fingerprint density at radius 2 is 1.97 bits per heavy atom. The lowest BCUT2D eigenvalue weighted by Crippen LogP contribution is -2.37. The minimum Gasteiger partial charge on any atom is -0.356 e. The Morgan fingerprint density at radius 1 is 1.17 bits per heavy atom. The van der Waals surface area contributed by atoms with Gasteiger partial charge in [0.1, 0.15) is 5.69 Å². The molecule has 4 heterocycles. The molecule has 6 rings (SSSR count). The highest BCUT2D eigenvalue weighted by molar-refractivity contribution is 5.92. The van der Waals surface area contributed by atoms with Crippen LogP contribution in [0.3, 0.4) is 0 Å². The molecule has 9 nitrogen and oxygen atoms in total. The van der Waals surface area contributed by atoms with Gasteiger partial charge in [0.2, 0.25) is 5.91 Å². The monoisotopic (exact) mass is 475 g/mol. The minimum atomic E-state index is -0.156. The first-order chi connectivity index (χ1) is 17.1. The summed E-state index contributed by atoms with van der Waals surface area (Å²) in [5.74, 6) is 1.67. The van der Waals surface area contributed by atoms with Crippen molar-refractivity contribution in [2.24, 2.45) is 23.7 Å². The number of carbonyl (C=O) groups is 2. The maximum atomic E-state index is 13.3. The van der Waals surface area contributed by atoms with Crippen LogP contribution in [-0.2, 0) is 17.8 Å². The highest BCUT2D eigenvalue weighted by Gasteiger charge is 2.47. The van der Waals surface area contributed by atoms with Crippen LogP contribution < -0.4 is 10.6 Å². The summed E-state index contributed by atoms with van der Waals surface area (Å²) in [7, 11) is 0. The number of aryl methyl sites for hydroxylation is 1. The molecule has 0 aromatic carbocycles. The number of rotatable bonds is 9. The third-order valence-electron chi connectivity index (χ3n) is 7.82. The Bertz CT molecular complexity index is 1230. The molecule has 3 aromatic heterocycles. The second-order valence-corrected chi connectivity index (χ2v) is 10.4.